The van der Waals surface area contributed by atoms with Crippen molar-refractivity contribution in [2.75, 3.05) is 18.8 Å². The quantitative estimate of drug-likeness (QED) is 0.0948. The number of ketones is 1. The Bertz CT molecular complexity index is 1300. The standard InChI is InChI=1S/C26H37N7O5/c1-13(2)20(27)24(36)33-11-5-7-18(33)23(35)32-17(6-4-10-31-26(29)30)22(34)15-8-9-16-14(3)21(28)25(37)38-19(16)12-15/h8-9,12-13,17-18,20H,4-7,10-11,27-28H2,1-3H3,(H,32,35)(H4,29,30,31)/t17-,18-,20-/m0/s1. The molecule has 0 aliphatic carbocycles. The van der Waals surface area contributed by atoms with Gasteiger partial charge in [0.05, 0.1) is 12.1 Å². The van der Waals surface area contributed by atoms with Crippen molar-refractivity contribution in [2.45, 2.75) is 64.6 Å². The second kappa shape index (κ2) is 12.1. The van der Waals surface area contributed by atoms with Crippen LogP contribution < -0.4 is 33.9 Å². The van der Waals surface area contributed by atoms with Crippen molar-refractivity contribution in [3.05, 3.63) is 39.7 Å². The van der Waals surface area contributed by atoms with Gasteiger partial charge in [-0.15, -0.1) is 0 Å². The van der Waals surface area contributed by atoms with Crippen LogP contribution >= 0.6 is 0 Å². The van der Waals surface area contributed by atoms with E-state index >= 15 is 0 Å². The van der Waals surface area contributed by atoms with Crippen molar-refractivity contribution in [3.8, 4) is 0 Å². The average Bonchev–Trinajstić information content (AvgIpc) is 3.37. The van der Waals surface area contributed by atoms with E-state index in [2.05, 4.69) is 10.3 Å². The van der Waals surface area contributed by atoms with Crippen LogP contribution in [0, 0.1) is 12.8 Å². The first kappa shape index (κ1) is 28.6. The lowest BCUT2D eigenvalue weighted by Gasteiger charge is -2.29. The molecule has 9 N–H and O–H groups in total. The average molecular weight is 528 g/mol. The number of rotatable bonds is 10. The highest BCUT2D eigenvalue weighted by Crippen LogP contribution is 2.24. The van der Waals surface area contributed by atoms with E-state index in [1.807, 2.05) is 13.8 Å². The number of hydrogen-bond donors (Lipinski definition) is 5. The molecule has 0 bridgehead atoms. The van der Waals surface area contributed by atoms with E-state index in [0.717, 1.165) is 0 Å². The molecule has 3 atom stereocenters. The van der Waals surface area contributed by atoms with E-state index in [9.17, 15) is 19.2 Å². The molecule has 0 unspecified atom stereocenters. The van der Waals surface area contributed by atoms with E-state index in [1.54, 1.807) is 19.1 Å². The number of nitrogens with zero attached hydrogens (tertiary/aromatic N) is 2. The minimum absolute atomic E-state index is 0.00861. The molecular formula is C26H37N7O5. The smallest absolute Gasteiger partial charge is 0.359 e. The molecule has 2 amide bonds. The Morgan fingerprint density at radius 1 is 1.24 bits per heavy atom. The summed E-state index contributed by atoms with van der Waals surface area (Å²) in [6.45, 7) is 6.08. The number of carbonyl (C=O) groups excluding carboxylic acids is 3. The summed E-state index contributed by atoms with van der Waals surface area (Å²) in [5.74, 6) is -1.24. The number of nitrogens with one attached hydrogen (secondary N) is 1. The van der Waals surface area contributed by atoms with Gasteiger partial charge < -0.3 is 37.6 Å². The monoisotopic (exact) mass is 527 g/mol. The number of benzene rings is 1. The van der Waals surface area contributed by atoms with Gasteiger partial charge in [-0.05, 0) is 50.2 Å². The first-order chi connectivity index (χ1) is 17.9. The van der Waals surface area contributed by atoms with Crippen molar-refractivity contribution in [3.63, 3.8) is 0 Å². The Kier molecular flexibility index (Phi) is 9.10. The van der Waals surface area contributed by atoms with Gasteiger partial charge in [-0.25, -0.2) is 4.79 Å². The fraction of sp³-hybridized carbons (Fsp3) is 0.500. The first-order valence-electron chi connectivity index (χ1n) is 12.7. The van der Waals surface area contributed by atoms with Gasteiger partial charge in [-0.2, -0.15) is 0 Å². The lowest BCUT2D eigenvalue weighted by atomic mass is 9.97. The largest absolute Gasteiger partial charge is 0.421 e. The minimum atomic E-state index is -0.924. The number of carbonyl (C=O) groups is 3. The third-order valence-electron chi connectivity index (χ3n) is 6.92. The molecule has 1 saturated heterocycles. The first-order valence-corrected chi connectivity index (χ1v) is 12.7. The van der Waals surface area contributed by atoms with Crippen LogP contribution in [0.2, 0.25) is 0 Å². The van der Waals surface area contributed by atoms with Crippen molar-refractivity contribution in [2.24, 2.45) is 28.1 Å². The van der Waals surface area contributed by atoms with Crippen molar-refractivity contribution < 1.29 is 18.8 Å². The lowest BCUT2D eigenvalue weighted by molar-refractivity contribution is -0.140. The highest BCUT2D eigenvalue weighted by atomic mass is 16.4. The Morgan fingerprint density at radius 2 is 1.95 bits per heavy atom. The molecule has 38 heavy (non-hydrogen) atoms. The molecular weight excluding hydrogens is 490 g/mol. The predicted molar refractivity (Wildman–Crippen MR) is 145 cm³/mol. The van der Waals surface area contributed by atoms with Crippen LogP contribution in [0.15, 0.2) is 32.4 Å². The zero-order chi connectivity index (χ0) is 28.1. The number of amides is 2. The van der Waals surface area contributed by atoms with Gasteiger partial charge in [-0.1, -0.05) is 26.0 Å². The second-order valence-electron chi connectivity index (χ2n) is 9.97. The molecule has 3 rings (SSSR count). The molecule has 206 valence electrons. The number of aliphatic imine (C=N–C) groups is 1. The van der Waals surface area contributed by atoms with Gasteiger partial charge in [0.25, 0.3) is 0 Å². The summed E-state index contributed by atoms with van der Waals surface area (Å²) in [5, 5.41) is 3.44. The summed E-state index contributed by atoms with van der Waals surface area (Å²) in [6.07, 6.45) is 1.79. The minimum Gasteiger partial charge on any atom is -0.421 e. The summed E-state index contributed by atoms with van der Waals surface area (Å²) < 4.78 is 5.29. The zero-order valence-electron chi connectivity index (χ0n) is 22.0. The van der Waals surface area contributed by atoms with Gasteiger partial charge >= 0.3 is 5.63 Å². The van der Waals surface area contributed by atoms with E-state index < -0.39 is 29.7 Å². The number of guanidine groups is 1. The summed E-state index contributed by atoms with van der Waals surface area (Å²) in [5.41, 5.74) is 23.0. The van der Waals surface area contributed by atoms with Crippen LogP contribution in [0.1, 0.15) is 55.5 Å². The van der Waals surface area contributed by atoms with Gasteiger partial charge in [0.15, 0.2) is 11.7 Å². The van der Waals surface area contributed by atoms with E-state index in [1.165, 1.54) is 11.0 Å². The normalized spacial score (nSPS) is 16.9. The maximum absolute atomic E-state index is 13.6. The molecule has 1 aliphatic rings. The molecule has 1 aromatic heterocycles. The SMILES string of the molecule is Cc1c(N)c(=O)oc2cc(C(=O)[C@H](CCCN=C(N)N)NC(=O)[C@@H]3CCCN3C(=O)[C@@H](N)C(C)C)ccc12. The van der Waals surface area contributed by atoms with Crippen LogP contribution in [-0.4, -0.2) is 59.7 Å². The lowest BCUT2D eigenvalue weighted by Crippen LogP contribution is -2.54. The van der Waals surface area contributed by atoms with Gasteiger partial charge in [0.1, 0.15) is 17.3 Å². The molecule has 2 heterocycles. The molecule has 1 aliphatic heterocycles. The third-order valence-corrected chi connectivity index (χ3v) is 6.92. The Morgan fingerprint density at radius 3 is 2.61 bits per heavy atom. The number of likely N-dealkylation sites (tertiary alicyclic amines) is 1. The molecule has 0 spiro atoms. The molecule has 12 nitrogen and oxygen atoms in total. The number of anilines is 1. The van der Waals surface area contributed by atoms with Gasteiger partial charge in [0.2, 0.25) is 11.8 Å². The van der Waals surface area contributed by atoms with E-state index in [0.29, 0.717) is 36.8 Å². The Balaban J connectivity index is 1.86. The molecule has 0 saturated carbocycles. The Labute approximate surface area is 220 Å². The number of fused-ring (bicyclic) bond motifs is 1. The molecule has 1 aromatic carbocycles. The van der Waals surface area contributed by atoms with Crippen LogP contribution in [0.5, 0.6) is 0 Å². The van der Waals surface area contributed by atoms with Crippen molar-refractivity contribution in [1.29, 1.82) is 0 Å². The maximum Gasteiger partial charge on any atom is 0.359 e. The van der Waals surface area contributed by atoms with Crippen LogP contribution in [0.4, 0.5) is 5.69 Å². The van der Waals surface area contributed by atoms with E-state index in [-0.39, 0.29) is 53.4 Å². The predicted octanol–water partition coefficient (Wildman–Crippen LogP) is 0.379. The number of nitrogen functional groups attached to an aromatic ring is 1. The van der Waals surface area contributed by atoms with Crippen LogP contribution in [0.3, 0.4) is 0 Å². The maximum atomic E-state index is 13.6. The fourth-order valence-corrected chi connectivity index (χ4v) is 4.54. The molecule has 1 fully saturated rings. The highest BCUT2D eigenvalue weighted by Gasteiger charge is 2.38. The topological polar surface area (TPSA) is 213 Å². The summed E-state index contributed by atoms with van der Waals surface area (Å²) in [7, 11) is 0. The number of nitrogens with two attached hydrogens (primary N) is 4. The fourth-order valence-electron chi connectivity index (χ4n) is 4.54. The zero-order valence-corrected chi connectivity index (χ0v) is 22.0. The van der Waals surface area contributed by atoms with Crippen LogP contribution in [-0.2, 0) is 9.59 Å². The number of Topliss-reactive ketones (excluding diaryl/α,β-unsaturated/α-hetero) is 1. The highest BCUT2D eigenvalue weighted by molar-refractivity contribution is 6.05. The summed E-state index contributed by atoms with van der Waals surface area (Å²) in [4.78, 5) is 57.3. The molecule has 12 heteroatoms. The summed E-state index contributed by atoms with van der Waals surface area (Å²) >= 11 is 0. The third kappa shape index (κ3) is 6.31. The van der Waals surface area contributed by atoms with Crippen molar-refractivity contribution >= 4 is 40.2 Å². The molecule has 2 aromatic rings. The Hall–Kier alpha value is -3.93. The second-order valence-corrected chi connectivity index (χ2v) is 9.97. The van der Waals surface area contributed by atoms with Gasteiger partial charge in [-0.3, -0.25) is 19.4 Å². The number of hydrogen-bond acceptors (Lipinski definition) is 8. The number of aryl methyl sites for hydroxylation is 1. The van der Waals surface area contributed by atoms with Crippen LogP contribution in [0.25, 0.3) is 11.0 Å². The molecule has 0 radical (unpaired) electrons. The van der Waals surface area contributed by atoms with E-state index in [4.69, 9.17) is 27.4 Å². The summed E-state index contributed by atoms with van der Waals surface area (Å²) in [6, 6.07) is 2.35. The van der Waals surface area contributed by atoms with Crippen molar-refractivity contribution in [1.82, 2.24) is 10.2 Å². The van der Waals surface area contributed by atoms with Gasteiger partial charge in [0, 0.05) is 24.0 Å².